The Bertz CT molecular complexity index is 519. The van der Waals surface area contributed by atoms with Gasteiger partial charge in [-0.3, -0.25) is 0 Å². The molecule has 0 aliphatic rings. The van der Waals surface area contributed by atoms with Crippen LogP contribution in [0.25, 0.3) is 0 Å². The number of benzene rings is 1. The SMILES string of the molecule is CCCNCc1cc(Br)ccc1Sc1ncccn1. The molecule has 3 nitrogen and oxygen atoms in total. The Morgan fingerprint density at radius 2 is 2.05 bits per heavy atom. The molecule has 0 atom stereocenters. The summed E-state index contributed by atoms with van der Waals surface area (Å²) < 4.78 is 1.10. The van der Waals surface area contributed by atoms with Crippen molar-refractivity contribution in [1.82, 2.24) is 15.3 Å². The molecule has 0 aliphatic heterocycles. The first kappa shape index (κ1) is 14.5. The maximum absolute atomic E-state index is 4.25. The van der Waals surface area contributed by atoms with Gasteiger partial charge in [-0.15, -0.1) is 0 Å². The Balaban J connectivity index is 2.14. The van der Waals surface area contributed by atoms with E-state index in [0.29, 0.717) is 0 Å². The van der Waals surface area contributed by atoms with Crippen LogP contribution in [-0.2, 0) is 6.54 Å². The highest BCUT2D eigenvalue weighted by Crippen LogP contribution is 2.29. The van der Waals surface area contributed by atoms with Gasteiger partial charge in [0.1, 0.15) is 0 Å². The van der Waals surface area contributed by atoms with E-state index in [0.717, 1.165) is 29.1 Å². The van der Waals surface area contributed by atoms with Gasteiger partial charge in [-0.25, -0.2) is 9.97 Å². The van der Waals surface area contributed by atoms with Crippen LogP contribution < -0.4 is 5.32 Å². The minimum atomic E-state index is 0.779. The zero-order chi connectivity index (χ0) is 13.5. The molecule has 0 fully saturated rings. The summed E-state index contributed by atoms with van der Waals surface area (Å²) in [6.45, 7) is 4.06. The van der Waals surface area contributed by atoms with Gasteiger partial charge in [-0.1, -0.05) is 22.9 Å². The summed E-state index contributed by atoms with van der Waals surface area (Å²) in [5, 5.41) is 4.21. The van der Waals surface area contributed by atoms with E-state index in [2.05, 4.69) is 56.3 Å². The van der Waals surface area contributed by atoms with E-state index in [-0.39, 0.29) is 0 Å². The third-order valence-electron chi connectivity index (χ3n) is 2.51. The Labute approximate surface area is 126 Å². The van der Waals surface area contributed by atoms with Gasteiger partial charge >= 0.3 is 0 Å². The van der Waals surface area contributed by atoms with Gasteiger partial charge < -0.3 is 5.32 Å². The largest absolute Gasteiger partial charge is 0.313 e. The number of hydrogen-bond acceptors (Lipinski definition) is 4. The van der Waals surface area contributed by atoms with Crippen molar-refractivity contribution < 1.29 is 0 Å². The quantitative estimate of drug-likeness (QED) is 0.641. The fraction of sp³-hybridized carbons (Fsp3) is 0.286. The second kappa shape index (κ2) is 7.62. The van der Waals surface area contributed by atoms with Gasteiger partial charge in [-0.2, -0.15) is 0 Å². The Hall–Kier alpha value is -0.910. The molecule has 0 saturated carbocycles. The van der Waals surface area contributed by atoms with Crippen molar-refractivity contribution in [2.24, 2.45) is 0 Å². The molecule has 1 aromatic carbocycles. The average molecular weight is 338 g/mol. The zero-order valence-corrected chi connectivity index (χ0v) is 13.2. The second-order valence-electron chi connectivity index (χ2n) is 4.06. The van der Waals surface area contributed by atoms with Gasteiger partial charge in [0.25, 0.3) is 0 Å². The highest BCUT2D eigenvalue weighted by molar-refractivity contribution is 9.10. The Kier molecular flexibility index (Phi) is 5.82. The first-order valence-electron chi connectivity index (χ1n) is 6.23. The first-order valence-corrected chi connectivity index (χ1v) is 7.84. The van der Waals surface area contributed by atoms with Crippen LogP contribution in [-0.4, -0.2) is 16.5 Å². The fourth-order valence-electron chi connectivity index (χ4n) is 1.62. The molecule has 1 heterocycles. The van der Waals surface area contributed by atoms with Crippen molar-refractivity contribution in [3.63, 3.8) is 0 Å². The summed E-state index contributed by atoms with van der Waals surface area (Å²) in [5.74, 6) is 0. The lowest BCUT2D eigenvalue weighted by Gasteiger charge is -2.10. The minimum Gasteiger partial charge on any atom is -0.313 e. The smallest absolute Gasteiger partial charge is 0.192 e. The van der Waals surface area contributed by atoms with E-state index < -0.39 is 0 Å². The van der Waals surface area contributed by atoms with Crippen LogP contribution in [0.4, 0.5) is 0 Å². The summed E-state index contributed by atoms with van der Waals surface area (Å²) >= 11 is 5.12. The Morgan fingerprint density at radius 3 is 2.79 bits per heavy atom. The van der Waals surface area contributed by atoms with Crippen LogP contribution >= 0.6 is 27.7 Å². The molecule has 0 aliphatic carbocycles. The van der Waals surface area contributed by atoms with Gasteiger partial charge in [-0.05, 0) is 54.6 Å². The highest BCUT2D eigenvalue weighted by atomic mass is 79.9. The van der Waals surface area contributed by atoms with Crippen molar-refractivity contribution in [3.8, 4) is 0 Å². The summed E-state index contributed by atoms with van der Waals surface area (Å²) in [7, 11) is 0. The van der Waals surface area contributed by atoms with Crippen LogP contribution in [0.15, 0.2) is 51.2 Å². The first-order chi connectivity index (χ1) is 9.29. The molecule has 0 unspecified atom stereocenters. The van der Waals surface area contributed by atoms with Crippen molar-refractivity contribution in [2.45, 2.75) is 29.9 Å². The summed E-state index contributed by atoms with van der Waals surface area (Å²) in [5.41, 5.74) is 1.26. The Morgan fingerprint density at radius 1 is 1.26 bits per heavy atom. The molecule has 0 spiro atoms. The number of aromatic nitrogens is 2. The molecule has 2 rings (SSSR count). The van der Waals surface area contributed by atoms with Crippen LogP contribution in [0, 0.1) is 0 Å². The molecule has 2 aromatic rings. The fourth-order valence-corrected chi connectivity index (χ4v) is 2.85. The highest BCUT2D eigenvalue weighted by Gasteiger charge is 2.06. The molecule has 1 N–H and O–H groups in total. The van der Waals surface area contributed by atoms with Crippen molar-refractivity contribution in [1.29, 1.82) is 0 Å². The van der Waals surface area contributed by atoms with Crippen molar-refractivity contribution in [3.05, 3.63) is 46.7 Å². The molecule has 5 heteroatoms. The standard InChI is InChI=1S/C14H16BrN3S/c1-2-6-16-10-11-9-12(15)4-5-13(11)19-14-17-7-3-8-18-14/h3-5,7-9,16H,2,6,10H2,1H3. The zero-order valence-electron chi connectivity index (χ0n) is 10.8. The van der Waals surface area contributed by atoms with Gasteiger partial charge in [0, 0.05) is 28.3 Å². The summed E-state index contributed by atoms with van der Waals surface area (Å²) in [6.07, 6.45) is 4.67. The average Bonchev–Trinajstić information content (AvgIpc) is 2.43. The topological polar surface area (TPSA) is 37.8 Å². The number of halogens is 1. The van der Waals surface area contributed by atoms with E-state index in [1.807, 2.05) is 6.07 Å². The second-order valence-corrected chi connectivity index (χ2v) is 5.99. The van der Waals surface area contributed by atoms with Crippen LogP contribution in [0.1, 0.15) is 18.9 Å². The predicted octanol–water partition coefficient (Wildman–Crippen LogP) is 3.89. The lowest BCUT2D eigenvalue weighted by Crippen LogP contribution is -2.14. The van der Waals surface area contributed by atoms with E-state index in [9.17, 15) is 0 Å². The molecule has 0 bridgehead atoms. The lowest BCUT2D eigenvalue weighted by molar-refractivity contribution is 0.669. The molecular weight excluding hydrogens is 322 g/mol. The summed E-state index contributed by atoms with van der Waals surface area (Å²) in [4.78, 5) is 9.70. The molecule has 100 valence electrons. The van der Waals surface area contributed by atoms with Crippen LogP contribution in [0.5, 0.6) is 0 Å². The van der Waals surface area contributed by atoms with E-state index >= 15 is 0 Å². The molecule has 1 aromatic heterocycles. The van der Waals surface area contributed by atoms with Crippen molar-refractivity contribution >= 4 is 27.7 Å². The number of nitrogens with one attached hydrogen (secondary N) is 1. The number of rotatable bonds is 6. The third-order valence-corrected chi connectivity index (χ3v) is 4.01. The van der Waals surface area contributed by atoms with E-state index in [4.69, 9.17) is 0 Å². The van der Waals surface area contributed by atoms with E-state index in [1.165, 1.54) is 10.5 Å². The van der Waals surface area contributed by atoms with Gasteiger partial charge in [0.2, 0.25) is 0 Å². The minimum absolute atomic E-state index is 0.779. The molecule has 0 amide bonds. The van der Waals surface area contributed by atoms with Gasteiger partial charge in [0.15, 0.2) is 5.16 Å². The molecule has 0 saturated heterocycles. The molecular formula is C14H16BrN3S. The maximum Gasteiger partial charge on any atom is 0.192 e. The predicted molar refractivity (Wildman–Crippen MR) is 82.3 cm³/mol. The van der Waals surface area contributed by atoms with Crippen molar-refractivity contribution in [2.75, 3.05) is 6.54 Å². The van der Waals surface area contributed by atoms with Crippen LogP contribution in [0.2, 0.25) is 0 Å². The molecule has 19 heavy (non-hydrogen) atoms. The third kappa shape index (κ3) is 4.60. The maximum atomic E-state index is 4.25. The monoisotopic (exact) mass is 337 g/mol. The van der Waals surface area contributed by atoms with E-state index in [1.54, 1.807) is 24.2 Å². The lowest BCUT2D eigenvalue weighted by atomic mass is 10.2. The van der Waals surface area contributed by atoms with Gasteiger partial charge in [0.05, 0.1) is 0 Å². The van der Waals surface area contributed by atoms with Crippen LogP contribution in [0.3, 0.4) is 0 Å². The molecule has 0 radical (unpaired) electrons. The number of nitrogens with zero attached hydrogens (tertiary/aromatic N) is 2. The summed E-state index contributed by atoms with van der Waals surface area (Å²) in [6, 6.07) is 8.13. The normalized spacial score (nSPS) is 10.6. The number of hydrogen-bond donors (Lipinski definition) is 1.